The minimum atomic E-state index is -0.853. The summed E-state index contributed by atoms with van der Waals surface area (Å²) in [6.45, 7) is 3.58. The first-order valence-electron chi connectivity index (χ1n) is 6.39. The van der Waals surface area contributed by atoms with Crippen molar-refractivity contribution in [2.45, 2.75) is 32.3 Å². The van der Waals surface area contributed by atoms with Crippen LogP contribution < -0.4 is 5.32 Å². The van der Waals surface area contributed by atoms with E-state index < -0.39 is 5.97 Å². The summed E-state index contributed by atoms with van der Waals surface area (Å²) in [5.41, 5.74) is 0. The summed E-state index contributed by atoms with van der Waals surface area (Å²) < 4.78 is 5.46. The van der Waals surface area contributed by atoms with Gasteiger partial charge in [0.05, 0.1) is 25.7 Å². The summed E-state index contributed by atoms with van der Waals surface area (Å²) in [7, 11) is 0. The van der Waals surface area contributed by atoms with Gasteiger partial charge < -0.3 is 20.1 Å². The van der Waals surface area contributed by atoms with E-state index >= 15 is 0 Å². The van der Waals surface area contributed by atoms with Gasteiger partial charge in [-0.2, -0.15) is 0 Å². The highest BCUT2D eigenvalue weighted by molar-refractivity contribution is 5.74. The highest BCUT2D eigenvalue weighted by atomic mass is 16.5. The van der Waals surface area contributed by atoms with Crippen molar-refractivity contribution in [3.63, 3.8) is 0 Å². The number of carboxylic acids is 1. The van der Waals surface area contributed by atoms with E-state index in [0.717, 1.165) is 12.8 Å². The van der Waals surface area contributed by atoms with E-state index in [0.29, 0.717) is 19.6 Å². The average Bonchev–Trinajstić information content (AvgIpc) is 2.39. The zero-order valence-corrected chi connectivity index (χ0v) is 11.1. The molecule has 2 amide bonds. The Hall–Kier alpha value is -1.74. The number of carboxylic acid groups (broad SMARTS) is 1. The molecular formula is C13H20N2O4. The number of hydrogen-bond acceptors (Lipinski definition) is 3. The quantitative estimate of drug-likeness (QED) is 0.718. The topological polar surface area (TPSA) is 78.9 Å². The summed E-state index contributed by atoms with van der Waals surface area (Å²) in [5.74, 6) is 4.64. The molecule has 1 rings (SSSR count). The maximum Gasteiger partial charge on any atom is 0.318 e. The van der Waals surface area contributed by atoms with Crippen LogP contribution in [0.5, 0.6) is 0 Å². The predicted octanol–water partition coefficient (Wildman–Crippen LogP) is 0.675. The van der Waals surface area contributed by atoms with Gasteiger partial charge in [-0.3, -0.25) is 4.79 Å². The molecule has 1 fully saturated rings. The number of nitrogens with zero attached hydrogens (tertiary/aromatic N) is 1. The van der Waals surface area contributed by atoms with Crippen LogP contribution in [0.15, 0.2) is 0 Å². The standard InChI is InChI=1S/C13H20N2O4/c1-2-3-7-14-13(18)15-8-4-11(5-9-15)19-10-6-12(16)17/h11H,4-10H2,1H3,(H,14,18)(H,16,17). The lowest BCUT2D eigenvalue weighted by molar-refractivity contribution is -0.138. The lowest BCUT2D eigenvalue weighted by atomic mass is 10.1. The Kier molecular flexibility index (Phi) is 6.75. The second-order valence-corrected chi connectivity index (χ2v) is 4.29. The van der Waals surface area contributed by atoms with Crippen molar-refractivity contribution in [3.05, 3.63) is 0 Å². The molecule has 0 aromatic heterocycles. The Morgan fingerprint density at radius 3 is 2.68 bits per heavy atom. The number of nitrogens with one attached hydrogen (secondary N) is 1. The van der Waals surface area contributed by atoms with Crippen LogP contribution >= 0.6 is 0 Å². The van der Waals surface area contributed by atoms with Crippen LogP contribution in [-0.2, 0) is 9.53 Å². The number of urea groups is 1. The first-order valence-corrected chi connectivity index (χ1v) is 6.39. The number of likely N-dealkylation sites (tertiary alicyclic amines) is 1. The van der Waals surface area contributed by atoms with Gasteiger partial charge in [0.2, 0.25) is 0 Å². The van der Waals surface area contributed by atoms with Crippen molar-refractivity contribution in [1.29, 1.82) is 0 Å². The Balaban J connectivity index is 2.18. The maximum atomic E-state index is 11.7. The lowest BCUT2D eigenvalue weighted by Gasteiger charge is -2.31. The van der Waals surface area contributed by atoms with E-state index in [4.69, 9.17) is 9.84 Å². The van der Waals surface area contributed by atoms with Crippen LogP contribution in [-0.4, -0.2) is 54.4 Å². The highest BCUT2D eigenvalue weighted by Gasteiger charge is 2.22. The van der Waals surface area contributed by atoms with Crippen molar-refractivity contribution < 1.29 is 19.4 Å². The molecule has 1 aliphatic heterocycles. The predicted molar refractivity (Wildman–Crippen MR) is 69.6 cm³/mol. The molecule has 2 N–H and O–H groups in total. The third-order valence-corrected chi connectivity index (χ3v) is 2.90. The number of hydrogen-bond donors (Lipinski definition) is 2. The fraction of sp³-hybridized carbons (Fsp3) is 0.692. The molecule has 0 saturated carbocycles. The smallest absolute Gasteiger partial charge is 0.318 e. The first-order chi connectivity index (χ1) is 9.13. The highest BCUT2D eigenvalue weighted by Crippen LogP contribution is 2.13. The number of rotatable bonds is 5. The summed E-state index contributed by atoms with van der Waals surface area (Å²) in [5, 5.41) is 11.2. The van der Waals surface area contributed by atoms with Crippen LogP contribution in [0.1, 0.15) is 26.2 Å². The largest absolute Gasteiger partial charge is 0.481 e. The Morgan fingerprint density at radius 1 is 1.42 bits per heavy atom. The van der Waals surface area contributed by atoms with Gasteiger partial charge in [0.25, 0.3) is 0 Å². The second kappa shape index (κ2) is 8.38. The van der Waals surface area contributed by atoms with Gasteiger partial charge in [0.1, 0.15) is 0 Å². The zero-order chi connectivity index (χ0) is 14.1. The number of carbonyl (C=O) groups excluding carboxylic acids is 1. The molecule has 0 aliphatic carbocycles. The molecule has 0 bridgehead atoms. The van der Waals surface area contributed by atoms with Crippen LogP contribution in [0.25, 0.3) is 0 Å². The number of ether oxygens (including phenoxy) is 1. The monoisotopic (exact) mass is 268 g/mol. The second-order valence-electron chi connectivity index (χ2n) is 4.29. The van der Waals surface area contributed by atoms with E-state index in [2.05, 4.69) is 17.2 Å². The normalized spacial score (nSPS) is 15.5. The van der Waals surface area contributed by atoms with Crippen LogP contribution in [0.2, 0.25) is 0 Å². The first kappa shape index (κ1) is 15.3. The molecule has 0 spiro atoms. The lowest BCUT2D eigenvalue weighted by Crippen LogP contribution is -2.46. The minimum Gasteiger partial charge on any atom is -0.481 e. The summed E-state index contributed by atoms with van der Waals surface area (Å²) >= 11 is 0. The van der Waals surface area contributed by atoms with Gasteiger partial charge in [-0.15, -0.1) is 5.92 Å². The molecule has 0 aromatic carbocycles. The minimum absolute atomic E-state index is 0.0242. The average molecular weight is 268 g/mol. The molecule has 6 heteroatoms. The van der Waals surface area contributed by atoms with Crippen LogP contribution in [0.4, 0.5) is 4.79 Å². The molecule has 106 valence electrons. The third kappa shape index (κ3) is 6.11. The van der Waals surface area contributed by atoms with Gasteiger partial charge in [-0.1, -0.05) is 5.92 Å². The fourth-order valence-corrected chi connectivity index (χ4v) is 1.86. The summed E-state index contributed by atoms with van der Waals surface area (Å²) in [4.78, 5) is 23.8. The molecule has 0 aromatic rings. The van der Waals surface area contributed by atoms with E-state index in [-0.39, 0.29) is 25.2 Å². The number of amides is 2. The van der Waals surface area contributed by atoms with Crippen molar-refractivity contribution in [2.75, 3.05) is 26.2 Å². The number of piperidine rings is 1. The van der Waals surface area contributed by atoms with Gasteiger partial charge in [0, 0.05) is 13.1 Å². The zero-order valence-electron chi connectivity index (χ0n) is 11.1. The molecule has 0 unspecified atom stereocenters. The molecule has 0 atom stereocenters. The molecule has 1 heterocycles. The van der Waals surface area contributed by atoms with Gasteiger partial charge in [-0.25, -0.2) is 4.79 Å². The molecule has 0 radical (unpaired) electrons. The van der Waals surface area contributed by atoms with Crippen molar-refractivity contribution in [2.24, 2.45) is 0 Å². The Morgan fingerprint density at radius 2 is 2.11 bits per heavy atom. The summed E-state index contributed by atoms with van der Waals surface area (Å²) in [6.07, 6.45) is 1.56. The summed E-state index contributed by atoms with van der Waals surface area (Å²) in [6, 6.07) is -0.105. The molecule has 6 nitrogen and oxygen atoms in total. The maximum absolute atomic E-state index is 11.7. The Labute approximate surface area is 113 Å². The molecule has 1 aliphatic rings. The number of aliphatic carboxylic acids is 1. The third-order valence-electron chi connectivity index (χ3n) is 2.90. The Bertz CT molecular complexity index is 365. The van der Waals surface area contributed by atoms with Crippen molar-refractivity contribution in [3.8, 4) is 11.8 Å². The van der Waals surface area contributed by atoms with Crippen LogP contribution in [0.3, 0.4) is 0 Å². The van der Waals surface area contributed by atoms with E-state index in [1.54, 1.807) is 11.8 Å². The molecule has 19 heavy (non-hydrogen) atoms. The van der Waals surface area contributed by atoms with Gasteiger partial charge in [-0.05, 0) is 19.8 Å². The molecule has 1 saturated heterocycles. The van der Waals surface area contributed by atoms with Gasteiger partial charge in [0.15, 0.2) is 0 Å². The van der Waals surface area contributed by atoms with E-state index in [9.17, 15) is 9.59 Å². The SMILES string of the molecule is CC#CCNC(=O)N1CCC(OCCC(=O)O)CC1. The molecular weight excluding hydrogens is 248 g/mol. The van der Waals surface area contributed by atoms with Crippen molar-refractivity contribution in [1.82, 2.24) is 10.2 Å². The van der Waals surface area contributed by atoms with Gasteiger partial charge >= 0.3 is 12.0 Å². The fourth-order valence-electron chi connectivity index (χ4n) is 1.86. The van der Waals surface area contributed by atoms with Crippen molar-refractivity contribution >= 4 is 12.0 Å². The number of carbonyl (C=O) groups is 2. The van der Waals surface area contributed by atoms with E-state index in [1.165, 1.54) is 0 Å². The van der Waals surface area contributed by atoms with Crippen LogP contribution in [0, 0.1) is 11.8 Å². The van der Waals surface area contributed by atoms with E-state index in [1.807, 2.05) is 0 Å².